The van der Waals surface area contributed by atoms with Gasteiger partial charge in [0.05, 0.1) is 11.8 Å². The van der Waals surface area contributed by atoms with Crippen LogP contribution in [0.1, 0.15) is 58.2 Å². The van der Waals surface area contributed by atoms with Gasteiger partial charge in [-0.15, -0.1) is 0 Å². The monoisotopic (exact) mass is 474 g/mol. The number of hydrogen-bond acceptors (Lipinski definition) is 6. The van der Waals surface area contributed by atoms with E-state index in [9.17, 15) is 9.90 Å². The molecule has 7 nitrogen and oxygen atoms in total. The van der Waals surface area contributed by atoms with E-state index in [0.717, 1.165) is 28.1 Å². The minimum absolute atomic E-state index is 0.178. The van der Waals surface area contributed by atoms with E-state index in [0.29, 0.717) is 24.3 Å². The molecule has 3 N–H and O–H groups in total. The molecule has 1 heterocycles. The molecule has 1 atom stereocenters. The summed E-state index contributed by atoms with van der Waals surface area (Å²) in [6, 6.07) is 13.9. The van der Waals surface area contributed by atoms with Gasteiger partial charge in [-0.1, -0.05) is 39.0 Å². The molecule has 1 amide bonds. The first-order valence-electron chi connectivity index (χ1n) is 11.9. The summed E-state index contributed by atoms with van der Waals surface area (Å²) < 4.78 is 5.48. The van der Waals surface area contributed by atoms with Gasteiger partial charge >= 0.3 is 6.09 Å². The minimum Gasteiger partial charge on any atom is -0.444 e. The second kappa shape index (κ2) is 9.30. The van der Waals surface area contributed by atoms with Crippen LogP contribution < -0.4 is 10.6 Å². The van der Waals surface area contributed by atoms with Gasteiger partial charge in [-0.3, -0.25) is 5.32 Å². The van der Waals surface area contributed by atoms with Crippen LogP contribution in [0.3, 0.4) is 0 Å². The molecule has 0 fully saturated rings. The average Bonchev–Trinajstić information content (AvgIpc) is 3.11. The van der Waals surface area contributed by atoms with Gasteiger partial charge in [0.15, 0.2) is 0 Å². The molecular weight excluding hydrogens is 440 g/mol. The molecule has 0 bridgehead atoms. The predicted molar refractivity (Wildman–Crippen MR) is 139 cm³/mol. The fraction of sp³-hybridized carbons (Fsp3) is 0.393. The van der Waals surface area contributed by atoms with Crippen LogP contribution in [0.2, 0.25) is 0 Å². The van der Waals surface area contributed by atoms with Gasteiger partial charge < -0.3 is 15.2 Å². The first-order valence-corrected chi connectivity index (χ1v) is 11.9. The minimum atomic E-state index is -0.591. The Kier molecular flexibility index (Phi) is 6.56. The number of carbonyl (C=O) groups is 1. The Balaban J connectivity index is 1.61. The molecule has 4 rings (SSSR count). The lowest BCUT2D eigenvalue weighted by molar-refractivity contribution is 0.0635. The molecule has 35 heavy (non-hydrogen) atoms. The van der Waals surface area contributed by atoms with Crippen molar-refractivity contribution in [3.05, 3.63) is 65.5 Å². The van der Waals surface area contributed by atoms with Gasteiger partial charge in [0, 0.05) is 23.0 Å². The molecule has 184 valence electrons. The summed E-state index contributed by atoms with van der Waals surface area (Å²) in [5.41, 5.74) is 5.77. The predicted octanol–water partition coefficient (Wildman–Crippen LogP) is 5.99. The lowest BCUT2D eigenvalue weighted by Gasteiger charge is -2.25. The van der Waals surface area contributed by atoms with Crippen LogP contribution in [0.15, 0.2) is 48.8 Å². The van der Waals surface area contributed by atoms with Crippen molar-refractivity contribution >= 4 is 23.3 Å². The van der Waals surface area contributed by atoms with Gasteiger partial charge in [0.2, 0.25) is 0 Å². The van der Waals surface area contributed by atoms with Crippen molar-refractivity contribution in [2.75, 3.05) is 10.6 Å². The van der Waals surface area contributed by atoms with Crippen molar-refractivity contribution in [3.63, 3.8) is 0 Å². The maximum atomic E-state index is 12.5. The zero-order valence-corrected chi connectivity index (χ0v) is 21.3. The van der Waals surface area contributed by atoms with E-state index in [1.165, 1.54) is 11.9 Å². The van der Waals surface area contributed by atoms with Crippen molar-refractivity contribution in [2.24, 2.45) is 0 Å². The molecule has 3 aromatic rings. The van der Waals surface area contributed by atoms with Gasteiger partial charge in [-0.2, -0.15) is 0 Å². The fourth-order valence-corrected chi connectivity index (χ4v) is 4.28. The Bertz CT molecular complexity index is 1240. The molecule has 0 spiro atoms. The summed E-state index contributed by atoms with van der Waals surface area (Å²) in [5, 5.41) is 16.2. The number of nitrogens with zero attached hydrogens (tertiary/aromatic N) is 2. The van der Waals surface area contributed by atoms with E-state index >= 15 is 0 Å². The number of hydrogen-bond donors (Lipinski definition) is 3. The highest BCUT2D eigenvalue weighted by atomic mass is 16.6. The number of aliphatic hydroxyl groups is 1. The second-order valence-corrected chi connectivity index (χ2v) is 11.1. The van der Waals surface area contributed by atoms with E-state index in [-0.39, 0.29) is 11.5 Å². The van der Waals surface area contributed by atoms with Crippen molar-refractivity contribution < 1.29 is 14.6 Å². The van der Waals surface area contributed by atoms with Gasteiger partial charge in [0.1, 0.15) is 17.7 Å². The Morgan fingerprint density at radius 3 is 2.43 bits per heavy atom. The molecule has 7 heteroatoms. The quantitative estimate of drug-likeness (QED) is 0.430. The highest BCUT2D eigenvalue weighted by Gasteiger charge is 2.23. The number of rotatable bonds is 4. The Morgan fingerprint density at radius 1 is 0.971 bits per heavy atom. The van der Waals surface area contributed by atoms with E-state index in [1.807, 2.05) is 51.1 Å². The van der Waals surface area contributed by atoms with Crippen LogP contribution in [-0.4, -0.2) is 32.9 Å². The molecule has 2 aromatic carbocycles. The number of nitrogens with one attached hydrogen (secondary N) is 2. The summed E-state index contributed by atoms with van der Waals surface area (Å²) >= 11 is 0. The average molecular weight is 475 g/mol. The normalized spacial score (nSPS) is 15.5. The lowest BCUT2D eigenvalue weighted by atomic mass is 9.85. The summed E-state index contributed by atoms with van der Waals surface area (Å²) in [5.74, 6) is 0.662. The molecule has 1 aliphatic rings. The van der Waals surface area contributed by atoms with Crippen molar-refractivity contribution in [1.29, 1.82) is 0 Å². The lowest BCUT2D eigenvalue weighted by Crippen LogP contribution is -2.28. The number of carbonyl (C=O) groups excluding carboxylic acids is 1. The smallest absolute Gasteiger partial charge is 0.412 e. The fourth-order valence-electron chi connectivity index (χ4n) is 4.28. The first kappa shape index (κ1) is 24.7. The van der Waals surface area contributed by atoms with Crippen LogP contribution in [0, 0.1) is 0 Å². The molecule has 1 aliphatic carbocycles. The maximum absolute atomic E-state index is 12.5. The van der Waals surface area contributed by atoms with Crippen LogP contribution in [0.25, 0.3) is 11.3 Å². The molecule has 0 aliphatic heterocycles. The van der Waals surface area contributed by atoms with Crippen molar-refractivity contribution in [3.8, 4) is 11.3 Å². The van der Waals surface area contributed by atoms with Crippen molar-refractivity contribution in [1.82, 2.24) is 9.97 Å². The summed E-state index contributed by atoms with van der Waals surface area (Å²) in [6.45, 7) is 11.8. The third kappa shape index (κ3) is 6.17. The van der Waals surface area contributed by atoms with E-state index < -0.39 is 11.7 Å². The number of amides is 1. The van der Waals surface area contributed by atoms with E-state index in [4.69, 9.17) is 4.74 Å². The Hall–Kier alpha value is -3.45. The number of benzene rings is 2. The highest BCUT2D eigenvalue weighted by molar-refractivity contribution is 5.88. The number of fused-ring (bicyclic) bond motifs is 1. The van der Waals surface area contributed by atoms with Gasteiger partial charge in [0.25, 0.3) is 0 Å². The zero-order valence-electron chi connectivity index (χ0n) is 21.3. The highest BCUT2D eigenvalue weighted by Crippen LogP contribution is 2.34. The number of ether oxygens (including phenoxy) is 1. The summed E-state index contributed by atoms with van der Waals surface area (Å²) in [4.78, 5) is 21.4. The van der Waals surface area contributed by atoms with Crippen LogP contribution >= 0.6 is 0 Å². The molecule has 0 saturated heterocycles. The van der Waals surface area contributed by atoms with Gasteiger partial charge in [-0.25, -0.2) is 14.8 Å². The SMILES string of the molecule is CC(C)(C)OC(=O)Nc1cc(-c2cc(Nc3ccc4c(c3)CC(O)C4)ncn2)ccc1C(C)(C)C. The van der Waals surface area contributed by atoms with E-state index in [2.05, 4.69) is 53.5 Å². The number of anilines is 3. The number of aliphatic hydroxyl groups excluding tert-OH is 1. The molecule has 1 unspecified atom stereocenters. The van der Waals surface area contributed by atoms with E-state index in [1.54, 1.807) is 0 Å². The third-order valence-corrected chi connectivity index (χ3v) is 5.82. The molecular formula is C28H34N4O3. The largest absolute Gasteiger partial charge is 0.444 e. The Morgan fingerprint density at radius 2 is 1.71 bits per heavy atom. The molecule has 1 aromatic heterocycles. The maximum Gasteiger partial charge on any atom is 0.412 e. The first-order chi connectivity index (χ1) is 16.4. The van der Waals surface area contributed by atoms with Crippen LogP contribution in [-0.2, 0) is 23.0 Å². The number of aromatic nitrogens is 2. The molecule has 0 radical (unpaired) electrons. The van der Waals surface area contributed by atoms with Crippen LogP contribution in [0.5, 0.6) is 0 Å². The summed E-state index contributed by atoms with van der Waals surface area (Å²) in [6.07, 6.45) is 2.11. The standard InChI is InChI=1S/C28H34N4O3/c1-27(2,3)22-10-8-18(14-24(22)32-26(34)35-28(4,5)6)23-15-25(30-16-29-23)31-20-9-7-17-12-21(33)13-19(17)11-20/h7-11,14-16,21,33H,12-13H2,1-6H3,(H,32,34)(H,29,30,31). The topological polar surface area (TPSA) is 96.4 Å². The van der Waals surface area contributed by atoms with Crippen LogP contribution in [0.4, 0.5) is 22.0 Å². The molecule has 0 saturated carbocycles. The third-order valence-electron chi connectivity index (χ3n) is 5.82. The zero-order chi connectivity index (χ0) is 25.4. The Labute approximate surface area is 207 Å². The van der Waals surface area contributed by atoms with Gasteiger partial charge in [-0.05, 0) is 73.9 Å². The van der Waals surface area contributed by atoms with Crippen molar-refractivity contribution in [2.45, 2.75) is 71.5 Å². The summed E-state index contributed by atoms with van der Waals surface area (Å²) in [7, 11) is 0. The second-order valence-electron chi connectivity index (χ2n) is 11.1.